The third kappa shape index (κ3) is 2.13. The number of furan rings is 1. The van der Waals surface area contributed by atoms with Crippen molar-refractivity contribution in [1.82, 2.24) is 0 Å². The molecular formula is C12H10O5. The summed E-state index contributed by atoms with van der Waals surface area (Å²) in [7, 11) is 0. The lowest BCUT2D eigenvalue weighted by Gasteiger charge is -1.95. The highest BCUT2D eigenvalue weighted by Crippen LogP contribution is 2.21. The van der Waals surface area contributed by atoms with E-state index in [1.54, 1.807) is 13.0 Å². The Morgan fingerprint density at radius 2 is 2.12 bits per heavy atom. The van der Waals surface area contributed by atoms with Gasteiger partial charge in [-0.1, -0.05) is 6.07 Å². The van der Waals surface area contributed by atoms with Crippen molar-refractivity contribution in [1.29, 1.82) is 0 Å². The highest BCUT2D eigenvalue weighted by atomic mass is 16.5. The first-order chi connectivity index (χ1) is 8.11. The predicted octanol–water partition coefficient (Wildman–Crippen LogP) is 2.31. The van der Waals surface area contributed by atoms with Crippen LogP contribution in [-0.4, -0.2) is 23.7 Å². The molecule has 0 atom stereocenters. The summed E-state index contributed by atoms with van der Waals surface area (Å²) in [4.78, 5) is 22.2. The van der Waals surface area contributed by atoms with Gasteiger partial charge in [-0.05, 0) is 25.1 Å². The number of hydrogen-bond donors (Lipinski definition) is 1. The van der Waals surface area contributed by atoms with Crippen LogP contribution in [0.2, 0.25) is 0 Å². The largest absolute Gasteiger partial charge is 0.478 e. The SMILES string of the molecule is CCOC(=O)c1cc2ccc(C(=O)O)cc2o1. The van der Waals surface area contributed by atoms with Gasteiger partial charge in [-0.25, -0.2) is 9.59 Å². The fourth-order valence-corrected chi connectivity index (χ4v) is 1.47. The molecule has 0 aliphatic carbocycles. The minimum Gasteiger partial charge on any atom is -0.478 e. The Kier molecular flexibility index (Phi) is 2.82. The van der Waals surface area contributed by atoms with Crippen molar-refractivity contribution in [2.75, 3.05) is 6.61 Å². The molecular weight excluding hydrogens is 224 g/mol. The number of aromatic carboxylic acids is 1. The monoisotopic (exact) mass is 234 g/mol. The standard InChI is InChI=1S/C12H10O5/c1-2-16-12(15)10-5-7-3-4-8(11(13)14)6-9(7)17-10/h3-6H,2H2,1H3,(H,13,14). The zero-order valence-corrected chi connectivity index (χ0v) is 9.10. The van der Waals surface area contributed by atoms with Crippen LogP contribution in [0, 0.1) is 0 Å². The maximum absolute atomic E-state index is 11.4. The van der Waals surface area contributed by atoms with E-state index in [2.05, 4.69) is 0 Å². The van der Waals surface area contributed by atoms with Crippen molar-refractivity contribution >= 4 is 22.9 Å². The number of hydrogen-bond acceptors (Lipinski definition) is 4. The highest BCUT2D eigenvalue weighted by molar-refractivity contribution is 5.96. The number of carbonyl (C=O) groups is 2. The van der Waals surface area contributed by atoms with Crippen LogP contribution in [0.15, 0.2) is 28.7 Å². The second-order valence-electron chi connectivity index (χ2n) is 3.39. The lowest BCUT2D eigenvalue weighted by Crippen LogP contribution is -2.02. The van der Waals surface area contributed by atoms with Crippen molar-refractivity contribution in [2.24, 2.45) is 0 Å². The number of fused-ring (bicyclic) bond motifs is 1. The Labute approximate surface area is 96.6 Å². The average molecular weight is 234 g/mol. The van der Waals surface area contributed by atoms with E-state index in [0.29, 0.717) is 11.0 Å². The van der Waals surface area contributed by atoms with Crippen LogP contribution in [0.3, 0.4) is 0 Å². The third-order valence-corrected chi connectivity index (χ3v) is 2.24. The summed E-state index contributed by atoms with van der Waals surface area (Å²) in [6, 6.07) is 5.94. The topological polar surface area (TPSA) is 76.7 Å². The van der Waals surface area contributed by atoms with E-state index in [-0.39, 0.29) is 17.9 Å². The second-order valence-corrected chi connectivity index (χ2v) is 3.39. The third-order valence-electron chi connectivity index (χ3n) is 2.24. The molecule has 1 N–H and O–H groups in total. The Balaban J connectivity index is 2.43. The van der Waals surface area contributed by atoms with Gasteiger partial charge in [0.05, 0.1) is 12.2 Å². The molecule has 0 saturated heterocycles. The molecule has 1 aromatic heterocycles. The van der Waals surface area contributed by atoms with Crippen molar-refractivity contribution in [3.8, 4) is 0 Å². The number of carboxylic acids is 1. The van der Waals surface area contributed by atoms with Gasteiger partial charge in [-0.2, -0.15) is 0 Å². The van der Waals surface area contributed by atoms with E-state index in [1.807, 2.05) is 0 Å². The summed E-state index contributed by atoms with van der Waals surface area (Å²) in [6.45, 7) is 1.96. The molecule has 5 heteroatoms. The quantitative estimate of drug-likeness (QED) is 0.824. The number of carbonyl (C=O) groups excluding carboxylic acids is 1. The van der Waals surface area contributed by atoms with Crippen LogP contribution in [0.25, 0.3) is 11.0 Å². The van der Waals surface area contributed by atoms with Gasteiger partial charge in [-0.15, -0.1) is 0 Å². The van der Waals surface area contributed by atoms with Crippen molar-refractivity contribution in [2.45, 2.75) is 6.92 Å². The molecule has 0 spiro atoms. The van der Waals surface area contributed by atoms with Crippen molar-refractivity contribution < 1.29 is 23.8 Å². The molecule has 1 aromatic carbocycles. The molecule has 0 aliphatic rings. The maximum Gasteiger partial charge on any atom is 0.374 e. The van der Waals surface area contributed by atoms with Crippen LogP contribution < -0.4 is 0 Å². The normalized spacial score (nSPS) is 10.4. The molecule has 0 unspecified atom stereocenters. The Morgan fingerprint density at radius 3 is 2.76 bits per heavy atom. The molecule has 0 aliphatic heterocycles. The molecule has 0 amide bonds. The average Bonchev–Trinajstić information content (AvgIpc) is 2.71. The molecule has 0 bridgehead atoms. The van der Waals surface area contributed by atoms with Crippen LogP contribution in [-0.2, 0) is 4.74 Å². The second kappa shape index (κ2) is 4.29. The van der Waals surface area contributed by atoms with E-state index in [1.165, 1.54) is 18.2 Å². The Hall–Kier alpha value is -2.30. The minimum atomic E-state index is -1.04. The maximum atomic E-state index is 11.4. The Morgan fingerprint density at radius 1 is 1.35 bits per heavy atom. The first kappa shape index (κ1) is 11.2. The van der Waals surface area contributed by atoms with E-state index >= 15 is 0 Å². The predicted molar refractivity (Wildman–Crippen MR) is 59.1 cm³/mol. The van der Waals surface area contributed by atoms with E-state index < -0.39 is 11.9 Å². The summed E-state index contributed by atoms with van der Waals surface area (Å²) in [5.41, 5.74) is 0.468. The molecule has 5 nitrogen and oxygen atoms in total. The van der Waals surface area contributed by atoms with Gasteiger partial charge in [0.1, 0.15) is 5.58 Å². The van der Waals surface area contributed by atoms with Crippen LogP contribution >= 0.6 is 0 Å². The van der Waals surface area contributed by atoms with Gasteiger partial charge in [0.25, 0.3) is 0 Å². The lowest BCUT2D eigenvalue weighted by molar-refractivity contribution is 0.0492. The van der Waals surface area contributed by atoms with E-state index in [0.717, 1.165) is 0 Å². The number of benzene rings is 1. The zero-order chi connectivity index (χ0) is 12.4. The van der Waals surface area contributed by atoms with Crippen LogP contribution in [0.5, 0.6) is 0 Å². The fourth-order valence-electron chi connectivity index (χ4n) is 1.47. The molecule has 0 saturated carbocycles. The number of carboxylic acid groups (broad SMARTS) is 1. The molecule has 2 rings (SSSR count). The molecule has 0 fully saturated rings. The van der Waals surface area contributed by atoms with Gasteiger partial charge < -0.3 is 14.3 Å². The van der Waals surface area contributed by atoms with E-state index in [9.17, 15) is 9.59 Å². The summed E-state index contributed by atoms with van der Waals surface area (Å²) in [6.07, 6.45) is 0. The highest BCUT2D eigenvalue weighted by Gasteiger charge is 2.14. The summed E-state index contributed by atoms with van der Waals surface area (Å²) in [5.74, 6) is -1.52. The first-order valence-electron chi connectivity index (χ1n) is 5.06. The molecule has 0 radical (unpaired) electrons. The lowest BCUT2D eigenvalue weighted by atomic mass is 10.2. The molecule has 17 heavy (non-hydrogen) atoms. The Bertz CT molecular complexity index is 582. The summed E-state index contributed by atoms with van der Waals surface area (Å²) >= 11 is 0. The molecule has 2 aromatic rings. The van der Waals surface area contributed by atoms with Gasteiger partial charge in [0, 0.05) is 5.39 Å². The van der Waals surface area contributed by atoms with Crippen molar-refractivity contribution in [3.63, 3.8) is 0 Å². The first-order valence-corrected chi connectivity index (χ1v) is 5.06. The number of rotatable bonds is 3. The van der Waals surface area contributed by atoms with Gasteiger partial charge in [0.15, 0.2) is 0 Å². The van der Waals surface area contributed by atoms with E-state index in [4.69, 9.17) is 14.3 Å². The zero-order valence-electron chi connectivity index (χ0n) is 9.10. The number of esters is 1. The van der Waals surface area contributed by atoms with Crippen molar-refractivity contribution in [3.05, 3.63) is 35.6 Å². The molecule has 1 heterocycles. The van der Waals surface area contributed by atoms with Gasteiger partial charge >= 0.3 is 11.9 Å². The summed E-state index contributed by atoms with van der Waals surface area (Å²) in [5, 5.41) is 9.48. The smallest absolute Gasteiger partial charge is 0.374 e. The summed E-state index contributed by atoms with van der Waals surface area (Å²) < 4.78 is 10.0. The van der Waals surface area contributed by atoms with Gasteiger partial charge in [-0.3, -0.25) is 0 Å². The van der Waals surface area contributed by atoms with Crippen LogP contribution in [0.1, 0.15) is 27.8 Å². The van der Waals surface area contributed by atoms with Gasteiger partial charge in [0.2, 0.25) is 5.76 Å². The van der Waals surface area contributed by atoms with Crippen LogP contribution in [0.4, 0.5) is 0 Å². The fraction of sp³-hybridized carbons (Fsp3) is 0.167. The molecule has 88 valence electrons. The minimum absolute atomic E-state index is 0.0735. The number of ether oxygens (including phenoxy) is 1.